The molecule has 0 aliphatic carbocycles. The summed E-state index contributed by atoms with van der Waals surface area (Å²) < 4.78 is 1.86. The molecule has 0 atom stereocenters. The predicted octanol–water partition coefficient (Wildman–Crippen LogP) is 2.72. The van der Waals surface area contributed by atoms with Crippen LogP contribution < -0.4 is 0 Å². The lowest BCUT2D eigenvalue weighted by Gasteiger charge is -1.93. The van der Waals surface area contributed by atoms with Gasteiger partial charge >= 0.3 is 0 Å². The van der Waals surface area contributed by atoms with E-state index in [1.807, 2.05) is 35.7 Å². The zero-order valence-corrected chi connectivity index (χ0v) is 8.06. The van der Waals surface area contributed by atoms with Gasteiger partial charge in [0, 0.05) is 6.20 Å². The number of imidazole rings is 1. The molecule has 2 nitrogen and oxygen atoms in total. The van der Waals surface area contributed by atoms with Crippen LogP contribution in [0, 0.1) is 6.92 Å². The van der Waals surface area contributed by atoms with E-state index in [9.17, 15) is 0 Å². The lowest BCUT2D eigenvalue weighted by atomic mass is 10.5. The van der Waals surface area contributed by atoms with Crippen LogP contribution in [0.4, 0.5) is 0 Å². The molecule has 0 unspecified atom stereocenters. The molecule has 2 aromatic rings. The Morgan fingerprint density at radius 2 is 2.17 bits per heavy atom. The molecule has 12 heavy (non-hydrogen) atoms. The first kappa shape index (κ1) is 9.36. The maximum Gasteiger partial charge on any atom is 0.138 e. The second-order valence-electron chi connectivity index (χ2n) is 2.46. The van der Waals surface area contributed by atoms with Crippen molar-refractivity contribution in [2.45, 2.75) is 6.92 Å². The summed E-state index contributed by atoms with van der Waals surface area (Å²) in [7, 11) is 0. The van der Waals surface area contributed by atoms with Crippen LogP contribution in [-0.2, 0) is 0 Å². The molecule has 0 saturated carbocycles. The van der Waals surface area contributed by atoms with Gasteiger partial charge in [-0.15, -0.1) is 12.4 Å². The first-order valence-corrected chi connectivity index (χ1v) is 3.75. The summed E-state index contributed by atoms with van der Waals surface area (Å²) in [5.41, 5.74) is 1.88. The molecular formula is C8H8Cl2N2. The van der Waals surface area contributed by atoms with Gasteiger partial charge in [0.15, 0.2) is 0 Å². The Balaban J connectivity index is 0.000000720. The van der Waals surface area contributed by atoms with Crippen molar-refractivity contribution in [3.8, 4) is 0 Å². The quantitative estimate of drug-likeness (QED) is 0.601. The normalized spacial score (nSPS) is 9.83. The van der Waals surface area contributed by atoms with Gasteiger partial charge in [0.2, 0.25) is 0 Å². The molecule has 0 bridgehead atoms. The average molecular weight is 203 g/mol. The minimum absolute atomic E-state index is 0. The van der Waals surface area contributed by atoms with Crippen molar-refractivity contribution >= 4 is 29.7 Å². The van der Waals surface area contributed by atoms with Crippen LogP contribution >= 0.6 is 24.0 Å². The lowest BCUT2D eigenvalue weighted by molar-refractivity contribution is 1.18. The Hall–Kier alpha value is -0.730. The Morgan fingerprint density at radius 1 is 1.42 bits per heavy atom. The number of fused-ring (bicyclic) bond motifs is 1. The van der Waals surface area contributed by atoms with E-state index in [2.05, 4.69) is 4.98 Å². The average Bonchev–Trinajstić information content (AvgIpc) is 2.31. The summed E-state index contributed by atoms with van der Waals surface area (Å²) in [5, 5.41) is 0.697. The number of nitrogens with zero attached hydrogens (tertiary/aromatic N) is 2. The zero-order valence-electron chi connectivity index (χ0n) is 6.49. The Bertz CT molecular complexity index is 395. The van der Waals surface area contributed by atoms with Gasteiger partial charge in [-0.2, -0.15) is 0 Å². The molecular weight excluding hydrogens is 195 g/mol. The molecule has 0 N–H and O–H groups in total. The summed E-state index contributed by atoms with van der Waals surface area (Å²) in [6.45, 7) is 1.95. The number of hydrogen-bond acceptors (Lipinski definition) is 1. The molecule has 2 heterocycles. The maximum atomic E-state index is 5.89. The molecule has 0 amide bonds. The summed E-state index contributed by atoms with van der Waals surface area (Å²) in [4.78, 5) is 4.25. The number of halogens is 2. The van der Waals surface area contributed by atoms with Gasteiger partial charge in [0.25, 0.3) is 0 Å². The van der Waals surface area contributed by atoms with E-state index in [0.29, 0.717) is 5.15 Å². The Kier molecular flexibility index (Phi) is 2.60. The number of aromatic nitrogens is 2. The van der Waals surface area contributed by atoms with Gasteiger partial charge in [-0.3, -0.25) is 4.40 Å². The first-order chi connectivity index (χ1) is 5.27. The van der Waals surface area contributed by atoms with Crippen LogP contribution in [0.3, 0.4) is 0 Å². The van der Waals surface area contributed by atoms with Gasteiger partial charge in [0.05, 0.1) is 5.69 Å². The lowest BCUT2D eigenvalue weighted by Crippen LogP contribution is -1.82. The number of aryl methyl sites for hydroxylation is 1. The number of rotatable bonds is 0. The molecule has 64 valence electrons. The third-order valence-corrected chi connectivity index (χ3v) is 1.87. The fourth-order valence-electron chi connectivity index (χ4n) is 1.10. The fraction of sp³-hybridized carbons (Fsp3) is 0.125. The molecule has 0 saturated heterocycles. The molecule has 4 heteroatoms. The molecule has 0 aliphatic heterocycles. The fourth-order valence-corrected chi connectivity index (χ4v) is 1.31. The van der Waals surface area contributed by atoms with Gasteiger partial charge in [-0.25, -0.2) is 4.98 Å². The molecule has 2 aromatic heterocycles. The third kappa shape index (κ3) is 1.40. The highest BCUT2D eigenvalue weighted by atomic mass is 35.5. The summed E-state index contributed by atoms with van der Waals surface area (Å²) in [5.74, 6) is 0. The topological polar surface area (TPSA) is 17.3 Å². The predicted molar refractivity (Wildman–Crippen MR) is 52.2 cm³/mol. The van der Waals surface area contributed by atoms with E-state index in [0.717, 1.165) is 11.3 Å². The van der Waals surface area contributed by atoms with E-state index in [1.165, 1.54) is 0 Å². The van der Waals surface area contributed by atoms with Crippen molar-refractivity contribution in [1.29, 1.82) is 0 Å². The zero-order chi connectivity index (χ0) is 7.84. The van der Waals surface area contributed by atoms with Crippen LogP contribution in [-0.4, -0.2) is 9.38 Å². The summed E-state index contributed by atoms with van der Waals surface area (Å²) >= 11 is 5.89. The summed E-state index contributed by atoms with van der Waals surface area (Å²) in [6.07, 6.45) is 1.91. The van der Waals surface area contributed by atoms with Gasteiger partial charge in [-0.1, -0.05) is 17.7 Å². The Labute approximate surface area is 81.6 Å². The van der Waals surface area contributed by atoms with Crippen molar-refractivity contribution in [3.05, 3.63) is 35.2 Å². The summed E-state index contributed by atoms with van der Waals surface area (Å²) in [6, 6.07) is 5.67. The van der Waals surface area contributed by atoms with Crippen molar-refractivity contribution < 1.29 is 0 Å². The Morgan fingerprint density at radius 3 is 2.83 bits per heavy atom. The maximum absolute atomic E-state index is 5.89. The van der Waals surface area contributed by atoms with Crippen LogP contribution in [0.5, 0.6) is 0 Å². The minimum atomic E-state index is 0. The van der Waals surface area contributed by atoms with E-state index in [1.54, 1.807) is 0 Å². The molecule has 0 fully saturated rings. The standard InChI is InChI=1S/C8H7ClN2.ClH/c1-6-5-11-7(9)3-2-4-8(11)10-6;/h2-5H,1H3;1H. The monoisotopic (exact) mass is 202 g/mol. The highest BCUT2D eigenvalue weighted by molar-refractivity contribution is 6.29. The highest BCUT2D eigenvalue weighted by Gasteiger charge is 1.98. The van der Waals surface area contributed by atoms with Crippen LogP contribution in [0.2, 0.25) is 5.15 Å². The second kappa shape index (κ2) is 3.33. The largest absolute Gasteiger partial charge is 0.290 e. The van der Waals surface area contributed by atoms with E-state index >= 15 is 0 Å². The number of hydrogen-bond donors (Lipinski definition) is 0. The van der Waals surface area contributed by atoms with E-state index < -0.39 is 0 Å². The number of pyridine rings is 1. The molecule has 0 spiro atoms. The van der Waals surface area contributed by atoms with Gasteiger partial charge in [0.1, 0.15) is 10.8 Å². The second-order valence-corrected chi connectivity index (χ2v) is 2.85. The molecule has 0 aliphatic rings. The molecule has 2 rings (SSSR count). The van der Waals surface area contributed by atoms with Crippen LogP contribution in [0.1, 0.15) is 5.69 Å². The van der Waals surface area contributed by atoms with Crippen molar-refractivity contribution in [2.24, 2.45) is 0 Å². The van der Waals surface area contributed by atoms with Crippen molar-refractivity contribution in [2.75, 3.05) is 0 Å². The van der Waals surface area contributed by atoms with Crippen LogP contribution in [0.25, 0.3) is 5.65 Å². The molecule has 0 radical (unpaired) electrons. The molecule has 0 aromatic carbocycles. The smallest absolute Gasteiger partial charge is 0.138 e. The third-order valence-electron chi connectivity index (χ3n) is 1.56. The van der Waals surface area contributed by atoms with E-state index in [4.69, 9.17) is 11.6 Å². The van der Waals surface area contributed by atoms with Gasteiger partial charge < -0.3 is 0 Å². The van der Waals surface area contributed by atoms with Crippen molar-refractivity contribution in [3.63, 3.8) is 0 Å². The van der Waals surface area contributed by atoms with Crippen LogP contribution in [0.15, 0.2) is 24.4 Å². The van der Waals surface area contributed by atoms with Gasteiger partial charge in [-0.05, 0) is 19.1 Å². The first-order valence-electron chi connectivity index (χ1n) is 3.37. The highest BCUT2D eigenvalue weighted by Crippen LogP contribution is 2.12. The van der Waals surface area contributed by atoms with E-state index in [-0.39, 0.29) is 12.4 Å². The van der Waals surface area contributed by atoms with Crippen molar-refractivity contribution in [1.82, 2.24) is 9.38 Å². The minimum Gasteiger partial charge on any atom is -0.290 e. The SMILES string of the molecule is Cc1cn2c(Cl)cccc2n1.Cl.